The normalized spacial score (nSPS) is 22.9. The molecule has 2 heterocycles. The quantitative estimate of drug-likeness (QED) is 0.853. The molecule has 6 nitrogen and oxygen atoms in total. The summed E-state index contributed by atoms with van der Waals surface area (Å²) in [7, 11) is 1.87. The van der Waals surface area contributed by atoms with Crippen LogP contribution in [0.2, 0.25) is 0 Å². The maximum absolute atomic E-state index is 11.2. The summed E-state index contributed by atoms with van der Waals surface area (Å²) >= 11 is 0. The van der Waals surface area contributed by atoms with Crippen molar-refractivity contribution < 1.29 is 14.6 Å². The highest BCUT2D eigenvalue weighted by molar-refractivity contribution is 5.73. The minimum absolute atomic E-state index is 0.0312. The van der Waals surface area contributed by atoms with Crippen molar-refractivity contribution in [1.29, 1.82) is 0 Å². The van der Waals surface area contributed by atoms with Crippen LogP contribution in [-0.2, 0) is 16.6 Å². The smallest absolute Gasteiger partial charge is 0.323 e. The molecule has 0 aromatic carbocycles. The number of carboxylic acids is 1. The highest BCUT2D eigenvalue weighted by Crippen LogP contribution is 2.26. The molecule has 1 aliphatic rings. The second kappa shape index (κ2) is 5.07. The molecule has 0 bridgehead atoms. The van der Waals surface area contributed by atoms with Crippen molar-refractivity contribution in [2.24, 2.45) is 7.05 Å². The van der Waals surface area contributed by atoms with Gasteiger partial charge in [-0.3, -0.25) is 14.4 Å². The fraction of sp³-hybridized carbons (Fsp3) is 0.667. The first kappa shape index (κ1) is 13.0. The zero-order valence-corrected chi connectivity index (χ0v) is 11.0. The molecule has 1 aromatic rings. The number of carboxylic acid groups (broad SMARTS) is 1. The average molecular weight is 253 g/mol. The molecular weight excluding hydrogens is 234 g/mol. The van der Waals surface area contributed by atoms with Gasteiger partial charge in [-0.05, 0) is 13.8 Å². The molecule has 0 aliphatic carbocycles. The summed E-state index contributed by atoms with van der Waals surface area (Å²) in [4.78, 5) is 13.2. The van der Waals surface area contributed by atoms with Crippen LogP contribution >= 0.6 is 0 Å². The van der Waals surface area contributed by atoms with Crippen LogP contribution in [-0.4, -0.2) is 51.6 Å². The predicted molar refractivity (Wildman–Crippen MR) is 65.3 cm³/mol. The number of carbonyl (C=O) groups is 1. The Balaban J connectivity index is 2.23. The van der Waals surface area contributed by atoms with Gasteiger partial charge in [-0.15, -0.1) is 0 Å². The lowest BCUT2D eigenvalue weighted by atomic mass is 10.1. The number of rotatable bonds is 3. The van der Waals surface area contributed by atoms with Crippen LogP contribution in [0.1, 0.15) is 24.2 Å². The molecule has 0 saturated carbocycles. The van der Waals surface area contributed by atoms with Crippen LogP contribution in [0.15, 0.2) is 6.20 Å². The minimum Gasteiger partial charge on any atom is -0.480 e. The third-order valence-electron chi connectivity index (χ3n) is 3.45. The summed E-state index contributed by atoms with van der Waals surface area (Å²) in [5, 5.41) is 13.5. The number of hydrogen-bond donors (Lipinski definition) is 1. The second-order valence-electron chi connectivity index (χ2n) is 4.69. The van der Waals surface area contributed by atoms with Gasteiger partial charge in [-0.25, -0.2) is 0 Å². The predicted octanol–water partition coefficient (Wildman–Crippen LogP) is 0.575. The third-order valence-corrected chi connectivity index (χ3v) is 3.45. The molecule has 1 fully saturated rings. The Hall–Kier alpha value is -1.40. The van der Waals surface area contributed by atoms with E-state index in [1.807, 2.05) is 32.0 Å². The molecule has 6 heteroatoms. The largest absolute Gasteiger partial charge is 0.480 e. The Kier molecular flexibility index (Phi) is 3.68. The lowest BCUT2D eigenvalue weighted by molar-refractivity contribution is -0.151. The number of hydrogen-bond acceptors (Lipinski definition) is 4. The zero-order valence-electron chi connectivity index (χ0n) is 11.0. The fourth-order valence-corrected chi connectivity index (χ4v) is 2.50. The summed E-state index contributed by atoms with van der Waals surface area (Å²) in [6.07, 6.45) is 1.95. The van der Waals surface area contributed by atoms with Gasteiger partial charge in [0.1, 0.15) is 6.04 Å². The van der Waals surface area contributed by atoms with Crippen LogP contribution in [0.4, 0.5) is 0 Å². The van der Waals surface area contributed by atoms with E-state index in [1.165, 1.54) is 0 Å². The molecule has 0 spiro atoms. The summed E-state index contributed by atoms with van der Waals surface area (Å²) in [6, 6.07) is -0.544. The first-order valence-corrected chi connectivity index (χ1v) is 6.07. The number of aromatic nitrogens is 2. The van der Waals surface area contributed by atoms with E-state index in [1.54, 1.807) is 4.68 Å². The highest BCUT2D eigenvalue weighted by Gasteiger charge is 2.33. The lowest BCUT2D eigenvalue weighted by Crippen LogP contribution is -2.50. The van der Waals surface area contributed by atoms with E-state index in [9.17, 15) is 9.90 Å². The Morgan fingerprint density at radius 2 is 2.39 bits per heavy atom. The van der Waals surface area contributed by atoms with Gasteiger partial charge in [0, 0.05) is 31.4 Å². The molecule has 1 N–H and O–H groups in total. The second-order valence-corrected chi connectivity index (χ2v) is 4.69. The van der Waals surface area contributed by atoms with Gasteiger partial charge >= 0.3 is 5.97 Å². The maximum Gasteiger partial charge on any atom is 0.323 e. The molecule has 100 valence electrons. The van der Waals surface area contributed by atoms with Gasteiger partial charge in [0.05, 0.1) is 18.9 Å². The summed E-state index contributed by atoms with van der Waals surface area (Å²) in [5.74, 6) is -0.830. The molecule has 18 heavy (non-hydrogen) atoms. The summed E-state index contributed by atoms with van der Waals surface area (Å²) < 4.78 is 7.01. The van der Waals surface area contributed by atoms with Crippen LogP contribution in [0.5, 0.6) is 0 Å². The van der Waals surface area contributed by atoms with E-state index in [0.29, 0.717) is 13.2 Å². The zero-order chi connectivity index (χ0) is 13.3. The van der Waals surface area contributed by atoms with Crippen molar-refractivity contribution in [3.63, 3.8) is 0 Å². The summed E-state index contributed by atoms with van der Waals surface area (Å²) in [6.45, 7) is 5.42. The van der Waals surface area contributed by atoms with Gasteiger partial charge in [0.25, 0.3) is 0 Å². The van der Waals surface area contributed by atoms with Gasteiger partial charge in [0.15, 0.2) is 0 Å². The maximum atomic E-state index is 11.2. The van der Waals surface area contributed by atoms with Crippen LogP contribution < -0.4 is 0 Å². The van der Waals surface area contributed by atoms with E-state index in [-0.39, 0.29) is 12.6 Å². The van der Waals surface area contributed by atoms with E-state index in [0.717, 1.165) is 11.3 Å². The van der Waals surface area contributed by atoms with Gasteiger partial charge in [-0.2, -0.15) is 5.10 Å². The topological polar surface area (TPSA) is 67.6 Å². The number of aliphatic carboxylic acids is 1. The van der Waals surface area contributed by atoms with Crippen LogP contribution in [0.3, 0.4) is 0 Å². The number of aryl methyl sites for hydroxylation is 2. The molecule has 1 saturated heterocycles. The first-order chi connectivity index (χ1) is 8.50. The van der Waals surface area contributed by atoms with E-state index >= 15 is 0 Å². The van der Waals surface area contributed by atoms with Crippen molar-refractivity contribution in [3.8, 4) is 0 Å². The van der Waals surface area contributed by atoms with Crippen molar-refractivity contribution in [1.82, 2.24) is 14.7 Å². The minimum atomic E-state index is -0.830. The molecule has 1 aromatic heterocycles. The average Bonchev–Trinajstić information content (AvgIpc) is 2.67. The van der Waals surface area contributed by atoms with E-state index in [4.69, 9.17) is 4.74 Å². The Morgan fingerprint density at radius 3 is 2.94 bits per heavy atom. The Labute approximate surface area is 106 Å². The van der Waals surface area contributed by atoms with Crippen LogP contribution in [0.25, 0.3) is 0 Å². The highest BCUT2D eigenvalue weighted by atomic mass is 16.5. The van der Waals surface area contributed by atoms with Crippen molar-refractivity contribution >= 4 is 5.97 Å². The molecular formula is C12H19N3O3. The number of morpholine rings is 1. The van der Waals surface area contributed by atoms with E-state index in [2.05, 4.69) is 5.10 Å². The molecule has 2 unspecified atom stereocenters. The number of ether oxygens (including phenoxy) is 1. The van der Waals surface area contributed by atoms with Gasteiger partial charge < -0.3 is 9.84 Å². The summed E-state index contributed by atoms with van der Waals surface area (Å²) in [5.41, 5.74) is 2.02. The third kappa shape index (κ3) is 2.39. The monoisotopic (exact) mass is 253 g/mol. The molecule has 1 aliphatic heterocycles. The first-order valence-electron chi connectivity index (χ1n) is 6.07. The van der Waals surface area contributed by atoms with Crippen molar-refractivity contribution in [2.45, 2.75) is 25.9 Å². The van der Waals surface area contributed by atoms with Crippen LogP contribution in [0, 0.1) is 6.92 Å². The molecule has 2 rings (SSSR count). The lowest BCUT2D eigenvalue weighted by Gasteiger charge is -2.37. The SMILES string of the molecule is Cc1nn(C)cc1C(C)N1CCOCC1C(=O)O. The van der Waals surface area contributed by atoms with Crippen molar-refractivity contribution in [2.75, 3.05) is 19.8 Å². The Morgan fingerprint density at radius 1 is 1.67 bits per heavy atom. The van der Waals surface area contributed by atoms with Crippen molar-refractivity contribution in [3.05, 3.63) is 17.5 Å². The molecule has 2 atom stereocenters. The standard InChI is InChI=1S/C12H19N3O3/c1-8-10(6-14(3)13-8)9(2)15-4-5-18-7-11(15)12(16)17/h6,9,11H,4-5,7H2,1-3H3,(H,16,17). The molecule has 0 amide bonds. The van der Waals surface area contributed by atoms with E-state index < -0.39 is 12.0 Å². The molecule has 0 radical (unpaired) electrons. The fourth-order valence-electron chi connectivity index (χ4n) is 2.50. The van der Waals surface area contributed by atoms with Gasteiger partial charge in [-0.1, -0.05) is 0 Å². The Bertz CT molecular complexity index is 444. The van der Waals surface area contributed by atoms with Gasteiger partial charge in [0.2, 0.25) is 0 Å². The number of nitrogens with zero attached hydrogens (tertiary/aromatic N) is 3.